The summed E-state index contributed by atoms with van der Waals surface area (Å²) < 4.78 is 10.3. The van der Waals surface area contributed by atoms with Gasteiger partial charge in [-0.1, -0.05) is 6.07 Å². The molecular weight excluding hydrogens is 234 g/mol. The molecule has 0 radical (unpaired) electrons. The van der Waals surface area contributed by atoms with Crippen LogP contribution in [0.3, 0.4) is 0 Å². The Hall–Kier alpha value is -1.75. The number of nitrogens with zero attached hydrogens (tertiary/aromatic N) is 1. The lowest BCUT2D eigenvalue weighted by atomic mass is 10.2. The number of likely N-dealkylation sites (N-methyl/N-ethyl adjacent to an activating group) is 1. The molecule has 0 heterocycles. The summed E-state index contributed by atoms with van der Waals surface area (Å²) in [6.07, 6.45) is -0.828. The maximum atomic E-state index is 11.0. The summed E-state index contributed by atoms with van der Waals surface area (Å²) in [5.74, 6) is -0.214. The first-order valence-electron chi connectivity index (χ1n) is 5.78. The fourth-order valence-electron chi connectivity index (χ4n) is 1.61. The Morgan fingerprint density at radius 2 is 2.22 bits per heavy atom. The lowest BCUT2D eigenvalue weighted by molar-refractivity contribution is -0.149. The third-order valence-corrected chi connectivity index (χ3v) is 2.58. The van der Waals surface area contributed by atoms with Crippen LogP contribution in [0.4, 0.5) is 5.69 Å². The van der Waals surface area contributed by atoms with E-state index in [4.69, 9.17) is 14.6 Å². The number of ether oxygens (including phenoxy) is 2. The Labute approximate surface area is 107 Å². The van der Waals surface area contributed by atoms with Crippen molar-refractivity contribution in [3.8, 4) is 5.75 Å². The van der Waals surface area contributed by atoms with Crippen LogP contribution in [-0.4, -0.2) is 44.5 Å². The van der Waals surface area contributed by atoms with Gasteiger partial charge in [0.05, 0.1) is 13.7 Å². The number of aliphatic carboxylic acids is 1. The van der Waals surface area contributed by atoms with Crippen molar-refractivity contribution in [2.75, 3.05) is 32.2 Å². The van der Waals surface area contributed by atoms with Gasteiger partial charge in [0.15, 0.2) is 6.10 Å². The Morgan fingerprint density at radius 1 is 1.50 bits per heavy atom. The van der Waals surface area contributed by atoms with Crippen molar-refractivity contribution in [3.63, 3.8) is 0 Å². The molecule has 0 fully saturated rings. The van der Waals surface area contributed by atoms with Crippen molar-refractivity contribution in [2.24, 2.45) is 0 Å². The molecule has 1 aromatic rings. The number of rotatable bonds is 7. The quantitative estimate of drug-likeness (QED) is 0.800. The van der Waals surface area contributed by atoms with Crippen molar-refractivity contribution in [3.05, 3.63) is 24.3 Å². The van der Waals surface area contributed by atoms with E-state index in [-0.39, 0.29) is 6.54 Å². The van der Waals surface area contributed by atoms with Gasteiger partial charge in [0.2, 0.25) is 0 Å². The number of hydrogen-bond donors (Lipinski definition) is 1. The molecule has 0 saturated carbocycles. The van der Waals surface area contributed by atoms with Crippen molar-refractivity contribution in [1.29, 1.82) is 0 Å². The minimum Gasteiger partial charge on any atom is -0.497 e. The first kappa shape index (κ1) is 14.3. The Bertz CT molecular complexity index is 394. The van der Waals surface area contributed by atoms with E-state index in [9.17, 15) is 4.79 Å². The molecule has 5 heteroatoms. The van der Waals surface area contributed by atoms with Gasteiger partial charge in [0, 0.05) is 25.4 Å². The van der Waals surface area contributed by atoms with Crippen molar-refractivity contribution in [2.45, 2.75) is 13.0 Å². The van der Waals surface area contributed by atoms with E-state index in [0.29, 0.717) is 6.61 Å². The van der Waals surface area contributed by atoms with Crippen LogP contribution in [-0.2, 0) is 9.53 Å². The summed E-state index contributed by atoms with van der Waals surface area (Å²) in [5.41, 5.74) is 0.889. The minimum atomic E-state index is -0.952. The van der Waals surface area contributed by atoms with Crippen molar-refractivity contribution in [1.82, 2.24) is 0 Å². The summed E-state index contributed by atoms with van der Waals surface area (Å²) in [4.78, 5) is 12.8. The predicted octanol–water partition coefficient (Wildman–Crippen LogP) is 1.62. The smallest absolute Gasteiger partial charge is 0.334 e. The molecule has 5 nitrogen and oxygen atoms in total. The van der Waals surface area contributed by atoms with Gasteiger partial charge in [-0.15, -0.1) is 0 Å². The number of carbonyl (C=O) groups is 1. The van der Waals surface area contributed by atoms with Gasteiger partial charge in [0.1, 0.15) is 5.75 Å². The molecule has 0 aliphatic heterocycles. The summed E-state index contributed by atoms with van der Waals surface area (Å²) in [7, 11) is 3.42. The first-order valence-corrected chi connectivity index (χ1v) is 5.78. The average Bonchev–Trinajstić information content (AvgIpc) is 2.38. The fourth-order valence-corrected chi connectivity index (χ4v) is 1.61. The summed E-state index contributed by atoms with van der Waals surface area (Å²) >= 11 is 0. The average molecular weight is 253 g/mol. The zero-order valence-corrected chi connectivity index (χ0v) is 10.9. The van der Waals surface area contributed by atoms with Gasteiger partial charge >= 0.3 is 5.97 Å². The van der Waals surface area contributed by atoms with E-state index in [2.05, 4.69) is 0 Å². The van der Waals surface area contributed by atoms with Gasteiger partial charge in [0.25, 0.3) is 0 Å². The van der Waals surface area contributed by atoms with Gasteiger partial charge < -0.3 is 19.5 Å². The molecule has 100 valence electrons. The number of benzene rings is 1. The number of anilines is 1. The predicted molar refractivity (Wildman–Crippen MR) is 69.3 cm³/mol. The standard InChI is InChI=1S/C13H19NO4/c1-4-18-12(13(15)16)9-14(2)10-6-5-7-11(8-10)17-3/h5-8,12H,4,9H2,1-3H3,(H,15,16). The van der Waals surface area contributed by atoms with Gasteiger partial charge in [-0.3, -0.25) is 0 Å². The number of methoxy groups -OCH3 is 1. The maximum Gasteiger partial charge on any atom is 0.334 e. The normalized spacial score (nSPS) is 11.9. The van der Waals surface area contributed by atoms with E-state index in [0.717, 1.165) is 11.4 Å². The lowest BCUT2D eigenvalue weighted by Gasteiger charge is -2.23. The third kappa shape index (κ3) is 3.92. The van der Waals surface area contributed by atoms with Crippen molar-refractivity contribution >= 4 is 11.7 Å². The molecule has 1 N–H and O–H groups in total. The maximum absolute atomic E-state index is 11.0. The van der Waals surface area contributed by atoms with Gasteiger partial charge in [-0.2, -0.15) is 0 Å². The zero-order chi connectivity index (χ0) is 13.5. The summed E-state index contributed by atoms with van der Waals surface area (Å²) in [5, 5.41) is 9.02. The zero-order valence-electron chi connectivity index (χ0n) is 10.9. The van der Waals surface area contributed by atoms with Crippen LogP contribution < -0.4 is 9.64 Å². The van der Waals surface area contributed by atoms with Crippen LogP contribution in [0.1, 0.15) is 6.92 Å². The molecule has 1 aromatic carbocycles. The third-order valence-electron chi connectivity index (χ3n) is 2.58. The van der Waals surface area contributed by atoms with Crippen LogP contribution in [0.5, 0.6) is 5.75 Å². The SMILES string of the molecule is CCOC(CN(C)c1cccc(OC)c1)C(=O)O. The Balaban J connectivity index is 2.73. The molecular formula is C13H19NO4. The van der Waals surface area contributed by atoms with Crippen LogP contribution >= 0.6 is 0 Å². The molecule has 0 amide bonds. The second-order valence-electron chi connectivity index (χ2n) is 3.86. The molecule has 1 unspecified atom stereocenters. The minimum absolute atomic E-state index is 0.288. The van der Waals surface area contributed by atoms with E-state index in [1.54, 1.807) is 14.0 Å². The molecule has 0 aromatic heterocycles. The van der Waals surface area contributed by atoms with Gasteiger partial charge in [-0.25, -0.2) is 4.79 Å². The highest BCUT2D eigenvalue weighted by Crippen LogP contribution is 2.20. The molecule has 1 rings (SSSR count). The highest BCUT2D eigenvalue weighted by Gasteiger charge is 2.19. The number of carboxylic acids is 1. The number of hydrogen-bond acceptors (Lipinski definition) is 4. The highest BCUT2D eigenvalue weighted by molar-refractivity contribution is 5.73. The second-order valence-corrected chi connectivity index (χ2v) is 3.86. The molecule has 18 heavy (non-hydrogen) atoms. The largest absolute Gasteiger partial charge is 0.497 e. The molecule has 0 aliphatic carbocycles. The highest BCUT2D eigenvalue weighted by atomic mass is 16.5. The summed E-state index contributed by atoms with van der Waals surface area (Å²) in [6, 6.07) is 7.45. The second kappa shape index (κ2) is 6.86. The molecule has 0 bridgehead atoms. The summed E-state index contributed by atoms with van der Waals surface area (Å²) in [6.45, 7) is 2.45. The Morgan fingerprint density at radius 3 is 2.78 bits per heavy atom. The molecule has 0 saturated heterocycles. The molecule has 0 spiro atoms. The topological polar surface area (TPSA) is 59.0 Å². The first-order chi connectivity index (χ1) is 8.58. The molecule has 0 aliphatic rings. The van der Waals surface area contributed by atoms with Crippen LogP contribution in [0, 0.1) is 0 Å². The van der Waals surface area contributed by atoms with E-state index in [1.807, 2.05) is 36.2 Å². The lowest BCUT2D eigenvalue weighted by Crippen LogP contribution is -2.36. The number of carboxylic acid groups (broad SMARTS) is 1. The Kier molecular flexibility index (Phi) is 5.45. The van der Waals surface area contributed by atoms with Crippen molar-refractivity contribution < 1.29 is 19.4 Å². The van der Waals surface area contributed by atoms with E-state index in [1.165, 1.54) is 0 Å². The van der Waals surface area contributed by atoms with Crippen LogP contribution in [0.15, 0.2) is 24.3 Å². The monoisotopic (exact) mass is 253 g/mol. The molecule has 1 atom stereocenters. The van der Waals surface area contributed by atoms with Crippen LogP contribution in [0.25, 0.3) is 0 Å². The van der Waals surface area contributed by atoms with E-state index < -0.39 is 12.1 Å². The van der Waals surface area contributed by atoms with Gasteiger partial charge in [-0.05, 0) is 19.1 Å². The van der Waals surface area contributed by atoms with E-state index >= 15 is 0 Å². The van der Waals surface area contributed by atoms with Crippen LogP contribution in [0.2, 0.25) is 0 Å². The fraction of sp³-hybridized carbons (Fsp3) is 0.462.